The maximum absolute atomic E-state index is 11.2. The van der Waals surface area contributed by atoms with Crippen molar-refractivity contribution in [3.05, 3.63) is 59.2 Å². The monoisotopic (exact) mass is 587 g/mol. The standard InChI is InChI=1S/C19H29NO7.C15H24/c1-9(2)7-11-5-6-13(12(8-11)20-10(3)4)26-19-16(23)14(21)15(22)17(27-19)18(24)25;1-12(2)10-13-6-8-14(9-7-13)11-15(3,4)5/h5-6,8-10,14-17,19-23H,7H2,1-4H3,(H,24,25);6-9,12H,10-11H2,1-5H3/t14-,15-,16+,17-,19+;/m0./s1. The van der Waals surface area contributed by atoms with Gasteiger partial charge < -0.3 is 35.2 Å². The molecule has 1 saturated heterocycles. The maximum Gasteiger partial charge on any atom is 0.335 e. The van der Waals surface area contributed by atoms with Crippen LogP contribution in [0, 0.1) is 17.3 Å². The number of hydrogen-bond donors (Lipinski definition) is 5. The van der Waals surface area contributed by atoms with Gasteiger partial charge in [-0.2, -0.15) is 0 Å². The summed E-state index contributed by atoms with van der Waals surface area (Å²) in [4.78, 5) is 11.2. The molecule has 0 unspecified atom stereocenters. The third-order valence-corrected chi connectivity index (χ3v) is 6.59. The Morgan fingerprint density at radius 1 is 0.833 bits per heavy atom. The smallest absolute Gasteiger partial charge is 0.335 e. The van der Waals surface area contributed by atoms with Gasteiger partial charge in [-0.25, -0.2) is 4.79 Å². The van der Waals surface area contributed by atoms with Crippen molar-refractivity contribution in [1.82, 2.24) is 0 Å². The number of carboxylic acids is 1. The molecule has 8 heteroatoms. The summed E-state index contributed by atoms with van der Waals surface area (Å²) in [6.45, 7) is 19.6. The van der Waals surface area contributed by atoms with E-state index in [-0.39, 0.29) is 6.04 Å². The van der Waals surface area contributed by atoms with Crippen LogP contribution in [0.25, 0.3) is 0 Å². The molecule has 1 heterocycles. The molecule has 2 aromatic rings. The first-order chi connectivity index (χ1) is 19.5. The van der Waals surface area contributed by atoms with Gasteiger partial charge in [-0.3, -0.25) is 0 Å². The molecule has 0 saturated carbocycles. The third kappa shape index (κ3) is 11.6. The Bertz CT molecular complexity index is 1110. The Kier molecular flexibility index (Phi) is 13.3. The van der Waals surface area contributed by atoms with Crippen molar-refractivity contribution in [1.29, 1.82) is 0 Å². The van der Waals surface area contributed by atoms with Crippen molar-refractivity contribution in [2.75, 3.05) is 5.32 Å². The van der Waals surface area contributed by atoms with E-state index in [1.54, 1.807) is 6.07 Å². The van der Waals surface area contributed by atoms with Gasteiger partial charge >= 0.3 is 5.97 Å². The molecule has 1 aliphatic rings. The van der Waals surface area contributed by atoms with Crippen LogP contribution in [0.5, 0.6) is 5.75 Å². The van der Waals surface area contributed by atoms with Crippen molar-refractivity contribution in [3.8, 4) is 5.75 Å². The minimum Gasteiger partial charge on any atom is -0.479 e. The zero-order chi connectivity index (χ0) is 31.8. The zero-order valence-electron chi connectivity index (χ0n) is 26.8. The largest absolute Gasteiger partial charge is 0.479 e. The summed E-state index contributed by atoms with van der Waals surface area (Å²) >= 11 is 0. The van der Waals surface area contributed by atoms with E-state index in [0.717, 1.165) is 24.3 Å². The highest BCUT2D eigenvalue weighted by molar-refractivity contribution is 5.73. The Balaban J connectivity index is 0.000000347. The first kappa shape index (κ1) is 35.5. The summed E-state index contributed by atoms with van der Waals surface area (Å²) in [6, 6.07) is 14.8. The van der Waals surface area contributed by atoms with Crippen molar-refractivity contribution >= 4 is 11.7 Å². The summed E-state index contributed by atoms with van der Waals surface area (Å²) in [5.41, 5.74) is 5.08. The average molecular weight is 588 g/mol. The van der Waals surface area contributed by atoms with Crippen LogP contribution in [0.1, 0.15) is 79.0 Å². The lowest BCUT2D eigenvalue weighted by molar-refractivity contribution is -0.271. The molecule has 42 heavy (non-hydrogen) atoms. The Morgan fingerprint density at radius 3 is 1.86 bits per heavy atom. The first-order valence-corrected chi connectivity index (χ1v) is 15.0. The zero-order valence-corrected chi connectivity index (χ0v) is 26.8. The van der Waals surface area contributed by atoms with E-state index in [1.807, 2.05) is 26.0 Å². The van der Waals surface area contributed by atoms with E-state index < -0.39 is 36.7 Å². The third-order valence-electron chi connectivity index (χ3n) is 6.59. The summed E-state index contributed by atoms with van der Waals surface area (Å²) in [5, 5.41) is 42.2. The van der Waals surface area contributed by atoms with Crippen molar-refractivity contribution in [2.24, 2.45) is 17.3 Å². The molecule has 0 aromatic heterocycles. The van der Waals surface area contributed by atoms with Crippen molar-refractivity contribution in [3.63, 3.8) is 0 Å². The van der Waals surface area contributed by atoms with Gasteiger partial charge in [-0.05, 0) is 79.2 Å². The van der Waals surface area contributed by atoms with Gasteiger partial charge in [-0.1, -0.05) is 78.8 Å². The number of benzene rings is 2. The molecule has 0 spiro atoms. The minimum absolute atomic E-state index is 0.109. The Morgan fingerprint density at radius 2 is 1.36 bits per heavy atom. The fourth-order valence-electron chi connectivity index (χ4n) is 4.85. The maximum atomic E-state index is 11.2. The molecule has 3 rings (SSSR count). The molecular weight excluding hydrogens is 534 g/mol. The molecular formula is C34H53NO7. The van der Waals surface area contributed by atoms with Gasteiger partial charge in [0.15, 0.2) is 6.10 Å². The summed E-state index contributed by atoms with van der Waals surface area (Å²) < 4.78 is 10.9. The molecule has 0 radical (unpaired) electrons. The van der Waals surface area contributed by atoms with Gasteiger partial charge in [0.05, 0.1) is 5.69 Å². The second kappa shape index (κ2) is 15.7. The molecule has 5 atom stereocenters. The number of carboxylic acid groups (broad SMARTS) is 1. The fraction of sp³-hybridized carbons (Fsp3) is 0.618. The van der Waals surface area contributed by atoms with Crippen molar-refractivity contribution < 1.29 is 34.7 Å². The topological polar surface area (TPSA) is 128 Å². The van der Waals surface area contributed by atoms with E-state index in [0.29, 0.717) is 22.8 Å². The van der Waals surface area contributed by atoms with Crippen LogP contribution >= 0.6 is 0 Å². The number of carbonyl (C=O) groups is 1. The van der Waals surface area contributed by atoms with Crippen LogP contribution in [-0.4, -0.2) is 63.1 Å². The summed E-state index contributed by atoms with van der Waals surface area (Å²) in [6.07, 6.45) is -4.96. The van der Waals surface area contributed by atoms with E-state index in [2.05, 4.69) is 78.0 Å². The van der Waals surface area contributed by atoms with Crippen LogP contribution < -0.4 is 10.1 Å². The van der Waals surface area contributed by atoms with E-state index >= 15 is 0 Å². The number of ether oxygens (including phenoxy) is 2. The molecule has 0 aliphatic carbocycles. The molecule has 5 N–H and O–H groups in total. The number of aliphatic hydroxyl groups is 3. The van der Waals surface area contributed by atoms with E-state index in [9.17, 15) is 20.1 Å². The molecule has 8 nitrogen and oxygen atoms in total. The molecule has 236 valence electrons. The number of hydrogen-bond acceptors (Lipinski definition) is 7. The number of aliphatic hydroxyl groups excluding tert-OH is 3. The van der Waals surface area contributed by atoms with Crippen LogP contribution in [0.2, 0.25) is 0 Å². The number of anilines is 1. The number of nitrogens with one attached hydrogen (secondary N) is 1. The Hall–Kier alpha value is -2.65. The second-order valence-corrected chi connectivity index (χ2v) is 13.7. The Labute approximate surface area is 252 Å². The predicted octanol–water partition coefficient (Wildman–Crippen LogP) is 5.45. The van der Waals surface area contributed by atoms with Gasteiger partial charge in [0.25, 0.3) is 0 Å². The van der Waals surface area contributed by atoms with Gasteiger partial charge in [0.2, 0.25) is 6.29 Å². The van der Waals surface area contributed by atoms with Crippen molar-refractivity contribution in [2.45, 2.75) is 118 Å². The van der Waals surface area contributed by atoms with Crippen LogP contribution in [0.3, 0.4) is 0 Å². The quantitative estimate of drug-likeness (QED) is 0.248. The normalized spacial score (nSPS) is 22.6. The highest BCUT2D eigenvalue weighted by atomic mass is 16.7. The molecule has 0 amide bonds. The van der Waals surface area contributed by atoms with E-state index in [1.165, 1.54) is 17.5 Å². The number of aliphatic carboxylic acids is 1. The lowest BCUT2D eigenvalue weighted by atomic mass is 9.87. The van der Waals surface area contributed by atoms with Crippen LogP contribution in [-0.2, 0) is 28.8 Å². The van der Waals surface area contributed by atoms with Crippen LogP contribution in [0.15, 0.2) is 42.5 Å². The van der Waals surface area contributed by atoms with Gasteiger partial charge in [0, 0.05) is 6.04 Å². The second-order valence-electron chi connectivity index (χ2n) is 13.7. The molecule has 0 bridgehead atoms. The summed E-state index contributed by atoms with van der Waals surface area (Å²) in [5.74, 6) is 0.126. The van der Waals surface area contributed by atoms with Crippen LogP contribution in [0.4, 0.5) is 5.69 Å². The highest BCUT2D eigenvalue weighted by Crippen LogP contribution is 2.32. The molecule has 1 aliphatic heterocycles. The molecule has 1 fully saturated rings. The average Bonchev–Trinajstić information content (AvgIpc) is 2.85. The fourth-order valence-corrected chi connectivity index (χ4v) is 4.85. The lowest BCUT2D eigenvalue weighted by Gasteiger charge is -2.38. The predicted molar refractivity (Wildman–Crippen MR) is 167 cm³/mol. The van der Waals surface area contributed by atoms with E-state index in [4.69, 9.17) is 14.6 Å². The minimum atomic E-state index is -1.75. The SMILES string of the molecule is CC(C)Cc1ccc(CC(C)(C)C)cc1.CC(C)Cc1ccc(O[C@@H]2O[C@H](C(=O)O)[C@@H](O)[C@H](O)[C@H]2O)c(NC(C)C)c1. The first-order valence-electron chi connectivity index (χ1n) is 15.0. The lowest BCUT2D eigenvalue weighted by Crippen LogP contribution is -2.61. The number of rotatable bonds is 10. The molecule has 2 aromatic carbocycles. The van der Waals surface area contributed by atoms with Gasteiger partial charge in [-0.15, -0.1) is 0 Å². The van der Waals surface area contributed by atoms with Gasteiger partial charge in [0.1, 0.15) is 24.1 Å². The summed E-state index contributed by atoms with van der Waals surface area (Å²) in [7, 11) is 0. The highest BCUT2D eigenvalue weighted by Gasteiger charge is 2.48.